The molecule has 0 amide bonds. The Kier molecular flexibility index (Phi) is 2.47. The highest BCUT2D eigenvalue weighted by molar-refractivity contribution is 5.42. The van der Waals surface area contributed by atoms with Gasteiger partial charge in [0.15, 0.2) is 0 Å². The molecule has 0 saturated heterocycles. The Labute approximate surface area is 91.1 Å². The second-order valence-electron chi connectivity index (χ2n) is 4.95. The van der Waals surface area contributed by atoms with Crippen molar-refractivity contribution in [2.75, 3.05) is 6.54 Å². The lowest BCUT2D eigenvalue weighted by Gasteiger charge is -2.16. The maximum atomic E-state index is 9.69. The largest absolute Gasteiger partial charge is 0.508 e. The van der Waals surface area contributed by atoms with Crippen LogP contribution in [0.1, 0.15) is 43.7 Å². The Bertz CT molecular complexity index is 367. The summed E-state index contributed by atoms with van der Waals surface area (Å²) < 4.78 is 0. The first-order valence-corrected chi connectivity index (χ1v) is 5.62. The number of benzene rings is 1. The van der Waals surface area contributed by atoms with Crippen molar-refractivity contribution in [1.29, 1.82) is 0 Å². The number of rotatable bonds is 3. The Morgan fingerprint density at radius 1 is 1.33 bits per heavy atom. The van der Waals surface area contributed by atoms with Crippen LogP contribution in [0.3, 0.4) is 0 Å². The molecule has 0 bridgehead atoms. The van der Waals surface area contributed by atoms with E-state index in [2.05, 4.69) is 19.9 Å². The summed E-state index contributed by atoms with van der Waals surface area (Å²) in [6, 6.07) is 5.91. The van der Waals surface area contributed by atoms with Gasteiger partial charge in [-0.2, -0.15) is 0 Å². The minimum Gasteiger partial charge on any atom is -0.508 e. The monoisotopic (exact) mass is 205 g/mol. The van der Waals surface area contributed by atoms with Gasteiger partial charge in [-0.05, 0) is 42.0 Å². The molecular formula is C13H19NO. The van der Waals surface area contributed by atoms with E-state index in [1.165, 1.54) is 11.1 Å². The van der Waals surface area contributed by atoms with Gasteiger partial charge in [-0.3, -0.25) is 0 Å². The summed E-state index contributed by atoms with van der Waals surface area (Å²) in [5.74, 6) is 0.820. The molecule has 3 N–H and O–H groups in total. The van der Waals surface area contributed by atoms with Gasteiger partial charge in [0, 0.05) is 12.0 Å². The van der Waals surface area contributed by atoms with E-state index in [9.17, 15) is 5.11 Å². The lowest BCUT2D eigenvalue weighted by Crippen LogP contribution is -2.19. The maximum absolute atomic E-state index is 9.69. The van der Waals surface area contributed by atoms with Crippen LogP contribution < -0.4 is 5.73 Å². The lowest BCUT2D eigenvalue weighted by atomic mass is 9.91. The van der Waals surface area contributed by atoms with E-state index in [1.54, 1.807) is 0 Å². The smallest absolute Gasteiger partial charge is 0.116 e. The van der Waals surface area contributed by atoms with Crippen molar-refractivity contribution in [2.45, 2.75) is 38.0 Å². The summed E-state index contributed by atoms with van der Waals surface area (Å²) in [6.45, 7) is 4.97. The molecule has 0 heterocycles. The molecular weight excluding hydrogens is 186 g/mol. The number of phenolic OH excluding ortho intramolecular Hbond substituents is 1. The zero-order chi connectivity index (χ0) is 11.1. The predicted molar refractivity (Wildman–Crippen MR) is 62.2 cm³/mol. The molecule has 2 nitrogen and oxygen atoms in total. The molecule has 1 aliphatic carbocycles. The third-order valence-corrected chi connectivity index (χ3v) is 3.46. The van der Waals surface area contributed by atoms with Gasteiger partial charge in [0.05, 0.1) is 0 Å². The van der Waals surface area contributed by atoms with Gasteiger partial charge < -0.3 is 10.8 Å². The first-order chi connectivity index (χ1) is 7.07. The molecule has 1 aliphatic rings. The van der Waals surface area contributed by atoms with Gasteiger partial charge in [0.1, 0.15) is 5.75 Å². The third-order valence-electron chi connectivity index (χ3n) is 3.46. The Hall–Kier alpha value is -1.02. The van der Waals surface area contributed by atoms with Crippen LogP contribution in [0.25, 0.3) is 0 Å². The van der Waals surface area contributed by atoms with Gasteiger partial charge in [0.25, 0.3) is 0 Å². The van der Waals surface area contributed by atoms with Crippen LogP contribution >= 0.6 is 0 Å². The topological polar surface area (TPSA) is 46.2 Å². The number of hydrogen-bond acceptors (Lipinski definition) is 2. The van der Waals surface area contributed by atoms with Crippen molar-refractivity contribution in [3.8, 4) is 5.75 Å². The van der Waals surface area contributed by atoms with Gasteiger partial charge in [-0.15, -0.1) is 0 Å². The van der Waals surface area contributed by atoms with Crippen LogP contribution in [0.15, 0.2) is 18.2 Å². The Balaban J connectivity index is 2.40. The molecule has 0 aromatic heterocycles. The molecule has 15 heavy (non-hydrogen) atoms. The second kappa shape index (κ2) is 3.53. The maximum Gasteiger partial charge on any atom is 0.116 e. The minimum atomic E-state index is 0.169. The number of nitrogens with two attached hydrogens (primary N) is 1. The van der Waals surface area contributed by atoms with E-state index in [0.29, 0.717) is 18.2 Å². The summed E-state index contributed by atoms with van der Waals surface area (Å²) in [7, 11) is 0. The standard InChI is InChI=1S/C13H19NO/c1-9(2)10-5-11(7-12(15)6-10)13(8-14)3-4-13/h5-7,9,15H,3-4,8,14H2,1-2H3. The first-order valence-electron chi connectivity index (χ1n) is 5.62. The predicted octanol–water partition coefficient (Wildman–Crippen LogP) is 2.51. The average Bonchev–Trinajstić information content (AvgIpc) is 2.97. The van der Waals surface area contributed by atoms with E-state index < -0.39 is 0 Å². The second-order valence-corrected chi connectivity index (χ2v) is 4.95. The van der Waals surface area contributed by atoms with Crippen molar-refractivity contribution >= 4 is 0 Å². The summed E-state index contributed by atoms with van der Waals surface area (Å²) in [6.07, 6.45) is 2.31. The van der Waals surface area contributed by atoms with E-state index >= 15 is 0 Å². The minimum absolute atomic E-state index is 0.169. The summed E-state index contributed by atoms with van der Waals surface area (Å²) in [5.41, 5.74) is 8.38. The fraction of sp³-hybridized carbons (Fsp3) is 0.538. The fourth-order valence-corrected chi connectivity index (χ4v) is 2.04. The molecule has 2 rings (SSSR count). The molecule has 0 unspecified atom stereocenters. The van der Waals surface area contributed by atoms with E-state index in [4.69, 9.17) is 5.73 Å². The van der Waals surface area contributed by atoms with Crippen molar-refractivity contribution in [3.05, 3.63) is 29.3 Å². The number of aromatic hydroxyl groups is 1. The Morgan fingerprint density at radius 3 is 2.47 bits per heavy atom. The molecule has 1 aromatic carbocycles. The van der Waals surface area contributed by atoms with Crippen molar-refractivity contribution < 1.29 is 5.11 Å². The van der Waals surface area contributed by atoms with Gasteiger partial charge >= 0.3 is 0 Å². The molecule has 2 heteroatoms. The molecule has 1 aromatic rings. The molecule has 1 saturated carbocycles. The van der Waals surface area contributed by atoms with Crippen LogP contribution in [0.4, 0.5) is 0 Å². The zero-order valence-corrected chi connectivity index (χ0v) is 9.46. The van der Waals surface area contributed by atoms with E-state index in [-0.39, 0.29) is 5.41 Å². The highest BCUT2D eigenvalue weighted by Gasteiger charge is 2.43. The molecule has 0 atom stereocenters. The normalized spacial score (nSPS) is 18.1. The van der Waals surface area contributed by atoms with Crippen LogP contribution in [0.2, 0.25) is 0 Å². The SMILES string of the molecule is CC(C)c1cc(O)cc(C2(CN)CC2)c1. The molecule has 0 spiro atoms. The quantitative estimate of drug-likeness (QED) is 0.796. The van der Waals surface area contributed by atoms with Crippen molar-refractivity contribution in [2.24, 2.45) is 5.73 Å². The van der Waals surface area contributed by atoms with Gasteiger partial charge in [-0.1, -0.05) is 19.9 Å². The van der Waals surface area contributed by atoms with E-state index in [1.807, 2.05) is 12.1 Å². The zero-order valence-electron chi connectivity index (χ0n) is 9.46. The highest BCUT2D eigenvalue weighted by atomic mass is 16.3. The van der Waals surface area contributed by atoms with Crippen LogP contribution in [-0.4, -0.2) is 11.7 Å². The average molecular weight is 205 g/mol. The summed E-state index contributed by atoms with van der Waals surface area (Å²) in [5, 5.41) is 9.69. The number of hydrogen-bond donors (Lipinski definition) is 2. The highest BCUT2D eigenvalue weighted by Crippen LogP contribution is 2.48. The molecule has 82 valence electrons. The molecule has 0 radical (unpaired) electrons. The van der Waals surface area contributed by atoms with Crippen LogP contribution in [0.5, 0.6) is 5.75 Å². The molecule has 0 aliphatic heterocycles. The lowest BCUT2D eigenvalue weighted by molar-refractivity contribution is 0.472. The third kappa shape index (κ3) is 1.86. The molecule has 1 fully saturated rings. The van der Waals surface area contributed by atoms with E-state index in [0.717, 1.165) is 12.8 Å². The Morgan fingerprint density at radius 2 is 2.00 bits per heavy atom. The van der Waals surface area contributed by atoms with Crippen LogP contribution in [0, 0.1) is 0 Å². The van der Waals surface area contributed by atoms with Gasteiger partial charge in [0.2, 0.25) is 0 Å². The number of phenols is 1. The van der Waals surface area contributed by atoms with Crippen molar-refractivity contribution in [1.82, 2.24) is 0 Å². The fourth-order valence-electron chi connectivity index (χ4n) is 2.04. The summed E-state index contributed by atoms with van der Waals surface area (Å²) >= 11 is 0. The van der Waals surface area contributed by atoms with Crippen molar-refractivity contribution in [3.63, 3.8) is 0 Å². The summed E-state index contributed by atoms with van der Waals surface area (Å²) in [4.78, 5) is 0. The first kappa shape index (κ1) is 10.5. The van der Waals surface area contributed by atoms with Crippen LogP contribution in [-0.2, 0) is 5.41 Å². The van der Waals surface area contributed by atoms with Gasteiger partial charge in [-0.25, -0.2) is 0 Å².